The predicted octanol–water partition coefficient (Wildman–Crippen LogP) is 3.29. The van der Waals surface area contributed by atoms with Crippen LogP contribution in [-0.2, 0) is 6.42 Å². The Bertz CT molecular complexity index is 299. The molecule has 2 N–H and O–H groups in total. The monoisotopic (exact) mass is 190 g/mol. The Kier molecular flexibility index (Phi) is 3.69. The van der Waals surface area contributed by atoms with Crippen molar-refractivity contribution < 1.29 is 0 Å². The molecule has 0 bridgehead atoms. The van der Waals surface area contributed by atoms with E-state index in [1.54, 1.807) is 6.92 Å². The number of hydrogen-bond acceptors (Lipinski definition) is 1. The smallest absolute Gasteiger partial charge is 0.0944 e. The maximum absolute atomic E-state index is 7.29. The molecule has 0 aliphatic heterocycles. The Morgan fingerprint density at radius 2 is 1.86 bits per heavy atom. The molecule has 0 amide bonds. The van der Waals surface area contributed by atoms with Gasteiger partial charge in [0.05, 0.1) is 5.84 Å². The summed E-state index contributed by atoms with van der Waals surface area (Å²) in [6, 6.07) is 8.28. The highest BCUT2D eigenvalue weighted by atomic mass is 14.9. The van der Waals surface area contributed by atoms with Crippen molar-refractivity contribution >= 4 is 11.5 Å². The second-order valence-corrected chi connectivity index (χ2v) is 4.04. The molecule has 2 nitrogen and oxygen atoms in total. The van der Waals surface area contributed by atoms with Gasteiger partial charge in [0.25, 0.3) is 0 Å². The summed E-state index contributed by atoms with van der Waals surface area (Å²) in [7, 11) is 0. The molecule has 0 aromatic heterocycles. The van der Waals surface area contributed by atoms with Crippen molar-refractivity contribution in [3.63, 3.8) is 0 Å². The van der Waals surface area contributed by atoms with Crippen LogP contribution in [0.4, 0.5) is 5.69 Å². The van der Waals surface area contributed by atoms with Gasteiger partial charge in [-0.1, -0.05) is 26.0 Å². The zero-order valence-corrected chi connectivity index (χ0v) is 9.09. The Balaban J connectivity index is 2.63. The van der Waals surface area contributed by atoms with Gasteiger partial charge < -0.3 is 5.32 Å². The molecular weight excluding hydrogens is 172 g/mol. The van der Waals surface area contributed by atoms with Gasteiger partial charge in [0.15, 0.2) is 0 Å². The lowest BCUT2D eigenvalue weighted by Gasteiger charge is -2.07. The number of nitrogens with one attached hydrogen (secondary N) is 2. The highest BCUT2D eigenvalue weighted by Crippen LogP contribution is 2.12. The van der Waals surface area contributed by atoms with E-state index in [0.29, 0.717) is 11.8 Å². The van der Waals surface area contributed by atoms with E-state index in [9.17, 15) is 0 Å². The normalized spacial score (nSPS) is 10.3. The lowest BCUT2D eigenvalue weighted by molar-refractivity contribution is 0.647. The van der Waals surface area contributed by atoms with Crippen LogP contribution < -0.4 is 5.32 Å². The SMILES string of the molecule is CC(=N)Nc1ccc(CC(C)C)cc1. The molecule has 0 aliphatic rings. The van der Waals surface area contributed by atoms with Crippen LogP contribution >= 0.6 is 0 Å². The van der Waals surface area contributed by atoms with Gasteiger partial charge in [0.1, 0.15) is 0 Å². The quantitative estimate of drug-likeness (QED) is 0.557. The van der Waals surface area contributed by atoms with Gasteiger partial charge in [-0.25, -0.2) is 0 Å². The first-order valence-corrected chi connectivity index (χ1v) is 4.99. The fraction of sp³-hybridized carbons (Fsp3) is 0.417. The van der Waals surface area contributed by atoms with Crippen LogP contribution in [0.15, 0.2) is 24.3 Å². The molecule has 0 atom stereocenters. The van der Waals surface area contributed by atoms with Gasteiger partial charge in [-0.3, -0.25) is 5.41 Å². The summed E-state index contributed by atoms with van der Waals surface area (Å²) in [6.07, 6.45) is 1.11. The maximum Gasteiger partial charge on any atom is 0.0944 e. The first-order chi connectivity index (χ1) is 6.58. The lowest BCUT2D eigenvalue weighted by atomic mass is 10.0. The predicted molar refractivity (Wildman–Crippen MR) is 62.0 cm³/mol. The Hall–Kier alpha value is -1.31. The standard InChI is InChI=1S/C12H18N2/c1-9(2)8-11-4-6-12(7-5-11)14-10(3)13/h4-7,9H,8H2,1-3H3,(H2,13,14). The van der Waals surface area contributed by atoms with E-state index in [1.165, 1.54) is 5.56 Å². The topological polar surface area (TPSA) is 35.9 Å². The van der Waals surface area contributed by atoms with E-state index in [2.05, 4.69) is 31.3 Å². The molecule has 0 radical (unpaired) electrons. The van der Waals surface area contributed by atoms with E-state index in [1.807, 2.05) is 12.1 Å². The van der Waals surface area contributed by atoms with Gasteiger partial charge in [-0.05, 0) is 37.0 Å². The third-order valence-corrected chi connectivity index (χ3v) is 1.93. The second-order valence-electron chi connectivity index (χ2n) is 4.04. The van der Waals surface area contributed by atoms with E-state index in [0.717, 1.165) is 12.1 Å². The van der Waals surface area contributed by atoms with Crippen LogP contribution in [0.3, 0.4) is 0 Å². The number of hydrogen-bond donors (Lipinski definition) is 2. The van der Waals surface area contributed by atoms with Crippen LogP contribution in [0.2, 0.25) is 0 Å². The van der Waals surface area contributed by atoms with Gasteiger partial charge in [-0.15, -0.1) is 0 Å². The van der Waals surface area contributed by atoms with Crippen LogP contribution in [0.25, 0.3) is 0 Å². The minimum atomic E-state index is 0.474. The second kappa shape index (κ2) is 4.80. The van der Waals surface area contributed by atoms with E-state index in [4.69, 9.17) is 5.41 Å². The molecule has 1 aromatic rings. The third kappa shape index (κ3) is 3.60. The van der Waals surface area contributed by atoms with E-state index >= 15 is 0 Å². The lowest BCUT2D eigenvalue weighted by Crippen LogP contribution is -2.04. The fourth-order valence-electron chi connectivity index (χ4n) is 1.41. The molecule has 0 spiro atoms. The summed E-state index contributed by atoms with van der Waals surface area (Å²) in [5.41, 5.74) is 2.35. The first-order valence-electron chi connectivity index (χ1n) is 4.99. The summed E-state index contributed by atoms with van der Waals surface area (Å²) < 4.78 is 0. The first kappa shape index (κ1) is 10.8. The Morgan fingerprint density at radius 1 is 1.29 bits per heavy atom. The highest BCUT2D eigenvalue weighted by Gasteiger charge is 1.97. The molecule has 1 aromatic carbocycles. The Morgan fingerprint density at radius 3 is 2.29 bits per heavy atom. The van der Waals surface area contributed by atoms with Crippen molar-refractivity contribution in [1.29, 1.82) is 5.41 Å². The van der Waals surface area contributed by atoms with Crippen molar-refractivity contribution in [2.24, 2.45) is 5.92 Å². The van der Waals surface area contributed by atoms with Crippen molar-refractivity contribution in [2.45, 2.75) is 27.2 Å². The number of benzene rings is 1. The zero-order valence-electron chi connectivity index (χ0n) is 9.09. The van der Waals surface area contributed by atoms with Gasteiger partial charge in [0.2, 0.25) is 0 Å². The van der Waals surface area contributed by atoms with E-state index < -0.39 is 0 Å². The number of anilines is 1. The number of rotatable bonds is 3. The van der Waals surface area contributed by atoms with Crippen molar-refractivity contribution in [3.8, 4) is 0 Å². The molecule has 14 heavy (non-hydrogen) atoms. The largest absolute Gasteiger partial charge is 0.344 e. The van der Waals surface area contributed by atoms with Crippen LogP contribution in [0.1, 0.15) is 26.3 Å². The summed E-state index contributed by atoms with van der Waals surface area (Å²) >= 11 is 0. The molecule has 0 unspecified atom stereocenters. The minimum absolute atomic E-state index is 0.474. The Labute approximate surface area is 85.9 Å². The molecule has 0 fully saturated rings. The van der Waals surface area contributed by atoms with Crippen LogP contribution in [-0.4, -0.2) is 5.84 Å². The summed E-state index contributed by atoms with van der Waals surface area (Å²) in [5, 5.41) is 10.3. The van der Waals surface area contributed by atoms with Crippen LogP contribution in [0.5, 0.6) is 0 Å². The average Bonchev–Trinajstić information content (AvgIpc) is 2.06. The summed E-state index contributed by atoms with van der Waals surface area (Å²) in [5.74, 6) is 1.17. The van der Waals surface area contributed by atoms with Crippen molar-refractivity contribution in [3.05, 3.63) is 29.8 Å². The summed E-state index contributed by atoms with van der Waals surface area (Å²) in [6.45, 7) is 6.17. The molecule has 76 valence electrons. The molecule has 0 saturated heterocycles. The zero-order chi connectivity index (χ0) is 10.6. The highest BCUT2D eigenvalue weighted by molar-refractivity contribution is 5.90. The average molecular weight is 190 g/mol. The molecule has 2 heteroatoms. The van der Waals surface area contributed by atoms with Gasteiger partial charge in [-0.2, -0.15) is 0 Å². The fourth-order valence-corrected chi connectivity index (χ4v) is 1.41. The van der Waals surface area contributed by atoms with Gasteiger partial charge in [0, 0.05) is 5.69 Å². The molecule has 0 heterocycles. The maximum atomic E-state index is 7.29. The van der Waals surface area contributed by atoms with E-state index in [-0.39, 0.29) is 0 Å². The van der Waals surface area contributed by atoms with Crippen molar-refractivity contribution in [2.75, 3.05) is 5.32 Å². The minimum Gasteiger partial charge on any atom is -0.344 e. The molecule has 0 saturated carbocycles. The van der Waals surface area contributed by atoms with Gasteiger partial charge >= 0.3 is 0 Å². The molecule has 1 rings (SSSR count). The van der Waals surface area contributed by atoms with Crippen molar-refractivity contribution in [1.82, 2.24) is 0 Å². The molecular formula is C12H18N2. The molecule has 0 aliphatic carbocycles. The third-order valence-electron chi connectivity index (χ3n) is 1.93. The number of amidine groups is 1. The van der Waals surface area contributed by atoms with Crippen LogP contribution in [0, 0.1) is 11.3 Å². The summed E-state index contributed by atoms with van der Waals surface area (Å²) in [4.78, 5) is 0.